The fraction of sp³-hybridized carbons (Fsp3) is 0.318. The first-order valence-electron chi connectivity index (χ1n) is 10.0. The van der Waals surface area contributed by atoms with Gasteiger partial charge in [-0.05, 0) is 55.3 Å². The van der Waals surface area contributed by atoms with Gasteiger partial charge < -0.3 is 14.8 Å². The Morgan fingerprint density at radius 2 is 1.70 bits per heavy atom. The quantitative estimate of drug-likeness (QED) is 0.634. The van der Waals surface area contributed by atoms with Crippen LogP contribution < -0.4 is 5.32 Å². The lowest BCUT2D eigenvalue weighted by Gasteiger charge is -2.31. The van der Waals surface area contributed by atoms with Gasteiger partial charge in [0.2, 0.25) is 15.9 Å². The molecule has 33 heavy (non-hydrogen) atoms. The van der Waals surface area contributed by atoms with Crippen molar-refractivity contribution in [3.05, 3.63) is 59.4 Å². The van der Waals surface area contributed by atoms with Crippen LogP contribution >= 0.6 is 0 Å². The molecule has 1 aliphatic rings. The van der Waals surface area contributed by atoms with Gasteiger partial charge in [0, 0.05) is 13.1 Å². The van der Waals surface area contributed by atoms with Gasteiger partial charge in [0.15, 0.2) is 0 Å². The Morgan fingerprint density at radius 1 is 1.03 bits per heavy atom. The molecule has 1 saturated heterocycles. The van der Waals surface area contributed by atoms with Crippen molar-refractivity contribution in [1.29, 1.82) is 0 Å². The van der Waals surface area contributed by atoms with E-state index in [1.807, 2.05) is 0 Å². The summed E-state index contributed by atoms with van der Waals surface area (Å²) in [5, 5.41) is 2.62. The molecule has 0 bridgehead atoms. The maximum absolute atomic E-state index is 13.2. The van der Waals surface area contributed by atoms with Crippen LogP contribution in [0.5, 0.6) is 0 Å². The minimum absolute atomic E-state index is 0.0325. The molecule has 1 fully saturated rings. The number of halogens is 1. The minimum atomic E-state index is -3.91. The lowest BCUT2D eigenvalue weighted by Crippen LogP contribution is -2.43. The van der Waals surface area contributed by atoms with Gasteiger partial charge >= 0.3 is 11.9 Å². The summed E-state index contributed by atoms with van der Waals surface area (Å²) in [5.41, 5.74) is 0.197. The number of sulfonamides is 1. The summed E-state index contributed by atoms with van der Waals surface area (Å²) in [6.45, 7) is 0.129. The van der Waals surface area contributed by atoms with E-state index in [4.69, 9.17) is 4.74 Å². The van der Waals surface area contributed by atoms with Crippen LogP contribution in [0.2, 0.25) is 0 Å². The molecule has 1 atom stereocenters. The van der Waals surface area contributed by atoms with Gasteiger partial charge in [-0.2, -0.15) is 4.31 Å². The van der Waals surface area contributed by atoms with Crippen molar-refractivity contribution < 1.29 is 36.7 Å². The molecule has 2 aromatic rings. The van der Waals surface area contributed by atoms with E-state index in [-0.39, 0.29) is 34.8 Å². The SMILES string of the molecule is COC(=O)c1ccc(C(=O)OC)c(NC(=O)[C@@H]2CCCN(S(=O)(=O)c3ccc(F)cc3)C2)c1. The normalized spacial score (nSPS) is 16.6. The number of carbonyl (C=O) groups excluding carboxylic acids is 3. The van der Waals surface area contributed by atoms with Crippen LogP contribution in [0.1, 0.15) is 33.6 Å². The average molecular weight is 478 g/mol. The number of anilines is 1. The van der Waals surface area contributed by atoms with E-state index in [2.05, 4.69) is 10.1 Å². The number of nitrogens with one attached hydrogen (secondary N) is 1. The van der Waals surface area contributed by atoms with E-state index in [1.54, 1.807) is 0 Å². The monoisotopic (exact) mass is 478 g/mol. The summed E-state index contributed by atoms with van der Waals surface area (Å²) < 4.78 is 49.6. The van der Waals surface area contributed by atoms with E-state index >= 15 is 0 Å². The Morgan fingerprint density at radius 3 is 2.33 bits per heavy atom. The fourth-order valence-corrected chi connectivity index (χ4v) is 5.07. The van der Waals surface area contributed by atoms with Crippen LogP contribution in [0.15, 0.2) is 47.4 Å². The maximum atomic E-state index is 13.2. The van der Waals surface area contributed by atoms with Crippen molar-refractivity contribution in [2.45, 2.75) is 17.7 Å². The van der Waals surface area contributed by atoms with E-state index in [9.17, 15) is 27.2 Å². The molecule has 1 aliphatic heterocycles. The highest BCUT2D eigenvalue weighted by atomic mass is 32.2. The number of hydrogen-bond acceptors (Lipinski definition) is 7. The number of benzene rings is 2. The number of methoxy groups -OCH3 is 2. The first-order chi connectivity index (χ1) is 15.7. The van der Waals surface area contributed by atoms with Gasteiger partial charge in [-0.1, -0.05) is 0 Å². The van der Waals surface area contributed by atoms with Crippen molar-refractivity contribution in [2.24, 2.45) is 5.92 Å². The molecule has 176 valence electrons. The Balaban J connectivity index is 1.82. The van der Waals surface area contributed by atoms with Crippen LogP contribution in [0.25, 0.3) is 0 Å². The highest BCUT2D eigenvalue weighted by Gasteiger charge is 2.34. The van der Waals surface area contributed by atoms with Crippen LogP contribution in [-0.2, 0) is 24.3 Å². The van der Waals surface area contributed by atoms with E-state index in [0.29, 0.717) is 12.8 Å². The number of esters is 2. The summed E-state index contributed by atoms with van der Waals surface area (Å²) >= 11 is 0. The molecule has 2 aromatic carbocycles. The molecule has 11 heteroatoms. The van der Waals surface area contributed by atoms with Crippen molar-refractivity contribution in [2.75, 3.05) is 32.6 Å². The van der Waals surface area contributed by atoms with Crippen LogP contribution in [-0.4, -0.2) is 57.9 Å². The molecular formula is C22H23FN2O7S. The van der Waals surface area contributed by atoms with Crippen LogP contribution in [0.3, 0.4) is 0 Å². The Bertz CT molecular complexity index is 1170. The third-order valence-electron chi connectivity index (χ3n) is 5.31. The molecule has 0 saturated carbocycles. The van der Waals surface area contributed by atoms with Gasteiger partial charge in [0.25, 0.3) is 0 Å². The molecule has 1 N–H and O–H groups in total. The van der Waals surface area contributed by atoms with Crippen LogP contribution in [0, 0.1) is 11.7 Å². The summed E-state index contributed by atoms with van der Waals surface area (Å²) in [6, 6.07) is 8.47. The first kappa shape index (κ1) is 24.3. The predicted molar refractivity (Wildman–Crippen MR) is 116 cm³/mol. The Hall–Kier alpha value is -3.31. The molecule has 1 amide bonds. The molecule has 0 aromatic heterocycles. The Kier molecular flexibility index (Phi) is 7.44. The summed E-state index contributed by atoms with van der Waals surface area (Å²) in [7, 11) is -1.53. The van der Waals surface area contributed by atoms with Gasteiger partial charge in [0.1, 0.15) is 5.82 Å². The molecule has 3 rings (SSSR count). The number of ether oxygens (including phenoxy) is 2. The number of carbonyl (C=O) groups is 3. The third-order valence-corrected chi connectivity index (χ3v) is 7.19. The molecule has 0 radical (unpaired) electrons. The molecule has 0 aliphatic carbocycles. The predicted octanol–water partition coefficient (Wildman–Crippen LogP) is 2.44. The lowest BCUT2D eigenvalue weighted by atomic mass is 9.98. The van der Waals surface area contributed by atoms with E-state index < -0.39 is 39.6 Å². The smallest absolute Gasteiger partial charge is 0.339 e. The molecule has 9 nitrogen and oxygen atoms in total. The van der Waals surface area contributed by atoms with E-state index in [0.717, 1.165) is 12.1 Å². The fourth-order valence-electron chi connectivity index (χ4n) is 3.55. The number of hydrogen-bond donors (Lipinski definition) is 1. The van der Waals surface area contributed by atoms with Crippen LogP contribution in [0.4, 0.5) is 10.1 Å². The zero-order valence-corrected chi connectivity index (χ0v) is 18.9. The molecule has 0 spiro atoms. The first-order valence-corrected chi connectivity index (χ1v) is 11.5. The number of piperidine rings is 1. The largest absolute Gasteiger partial charge is 0.465 e. The third kappa shape index (κ3) is 5.37. The average Bonchev–Trinajstić information content (AvgIpc) is 2.83. The zero-order valence-electron chi connectivity index (χ0n) is 18.0. The van der Waals surface area contributed by atoms with Gasteiger partial charge in [0.05, 0.1) is 41.8 Å². The topological polar surface area (TPSA) is 119 Å². The van der Waals surface area contributed by atoms with Gasteiger partial charge in [-0.3, -0.25) is 4.79 Å². The molecule has 0 unspecified atom stereocenters. The van der Waals surface area contributed by atoms with Gasteiger partial charge in [-0.15, -0.1) is 0 Å². The highest BCUT2D eigenvalue weighted by molar-refractivity contribution is 7.89. The number of rotatable bonds is 6. The second-order valence-corrected chi connectivity index (χ2v) is 9.33. The molecular weight excluding hydrogens is 455 g/mol. The maximum Gasteiger partial charge on any atom is 0.339 e. The Labute approximate surface area is 190 Å². The molecule has 1 heterocycles. The van der Waals surface area contributed by atoms with Crippen molar-refractivity contribution >= 4 is 33.6 Å². The second kappa shape index (κ2) is 10.1. The minimum Gasteiger partial charge on any atom is -0.465 e. The van der Waals surface area contributed by atoms with E-state index in [1.165, 1.54) is 48.9 Å². The van der Waals surface area contributed by atoms with Crippen molar-refractivity contribution in [3.8, 4) is 0 Å². The standard InChI is InChI=1S/C22H23FN2O7S/c1-31-21(27)14-5-10-18(22(28)32-2)19(12-14)24-20(26)15-4-3-11-25(13-15)33(29,30)17-8-6-16(23)7-9-17/h5-10,12,15H,3-4,11,13H2,1-2H3,(H,24,26)/t15-/m1/s1. The highest BCUT2D eigenvalue weighted by Crippen LogP contribution is 2.26. The van der Waals surface area contributed by atoms with Gasteiger partial charge in [-0.25, -0.2) is 22.4 Å². The number of amides is 1. The zero-order chi connectivity index (χ0) is 24.2. The van der Waals surface area contributed by atoms with Crippen molar-refractivity contribution in [1.82, 2.24) is 4.31 Å². The second-order valence-electron chi connectivity index (χ2n) is 7.39. The summed E-state index contributed by atoms with van der Waals surface area (Å²) in [5.74, 6) is -3.15. The lowest BCUT2D eigenvalue weighted by molar-refractivity contribution is -0.120. The van der Waals surface area contributed by atoms with Crippen molar-refractivity contribution in [3.63, 3.8) is 0 Å². The summed E-state index contributed by atoms with van der Waals surface area (Å²) in [4.78, 5) is 36.9. The summed E-state index contributed by atoms with van der Waals surface area (Å²) in [6.07, 6.45) is 0.857. The number of nitrogens with zero attached hydrogens (tertiary/aromatic N) is 1.